The summed E-state index contributed by atoms with van der Waals surface area (Å²) in [5, 5.41) is 19.4. The molecular weight excluding hydrogens is 1150 g/mol. The maximum atomic E-state index is 12.2. The van der Waals surface area contributed by atoms with E-state index in [9.17, 15) is 62.3 Å². The van der Waals surface area contributed by atoms with Gasteiger partial charge in [0.15, 0.2) is 29.2 Å². The molecule has 6 atom stereocenters. The number of Topliss-reactive ketones (excluding diaryl/α,β-unsaturated/α-hetero) is 8. The number of nitrogens with two attached hydrogens (primary N) is 1. The summed E-state index contributed by atoms with van der Waals surface area (Å²) in [6, 6.07) is -1.49. The molecule has 0 aliphatic heterocycles. The summed E-state index contributed by atoms with van der Waals surface area (Å²) < 4.78 is 5.16. The molecule has 0 saturated heterocycles. The monoisotopic (exact) mass is 1280 g/mol. The van der Waals surface area contributed by atoms with Crippen molar-refractivity contribution in [2.75, 3.05) is 13.1 Å². The lowest BCUT2D eigenvalue weighted by Crippen LogP contribution is -2.43. The van der Waals surface area contributed by atoms with Gasteiger partial charge in [0.2, 0.25) is 23.6 Å². The molecule has 528 valence electrons. The fourth-order valence-corrected chi connectivity index (χ4v) is 7.92. The van der Waals surface area contributed by atoms with Crippen LogP contribution in [0.5, 0.6) is 0 Å². The van der Waals surface area contributed by atoms with Gasteiger partial charge in [-0.25, -0.2) is 4.79 Å². The Morgan fingerprint density at radius 2 is 0.744 bits per heavy atom. The van der Waals surface area contributed by atoms with Crippen molar-refractivity contribution in [3.8, 4) is 0 Å². The number of carbonyl (C=O) groups excluding carboxylic acids is 13. The lowest BCUT2D eigenvalue weighted by atomic mass is 9.89. The van der Waals surface area contributed by atoms with Crippen molar-refractivity contribution in [1.29, 1.82) is 0 Å². The van der Waals surface area contributed by atoms with Crippen LogP contribution in [-0.4, -0.2) is 124 Å². The molecule has 0 aromatic heterocycles. The number of aliphatic hydroxyl groups is 1. The first-order valence-corrected chi connectivity index (χ1v) is 33.1. The van der Waals surface area contributed by atoms with E-state index in [1.807, 2.05) is 69.2 Å². The maximum absolute atomic E-state index is 12.2. The Balaban J connectivity index is -0.000000189. The molecule has 0 rings (SSSR count). The normalized spacial score (nSPS) is 12.5. The molecule has 7 N–H and O–H groups in total. The quantitative estimate of drug-likeness (QED) is 0.0245. The zero-order valence-corrected chi connectivity index (χ0v) is 59.9. The van der Waals surface area contributed by atoms with E-state index in [4.69, 9.17) is 15.6 Å². The van der Waals surface area contributed by atoms with E-state index < -0.39 is 30.3 Å². The summed E-state index contributed by atoms with van der Waals surface area (Å²) in [6.07, 6.45) is 11.9. The van der Waals surface area contributed by atoms with E-state index in [0.29, 0.717) is 64.5 Å². The van der Waals surface area contributed by atoms with Crippen LogP contribution < -0.4 is 27.0 Å². The molecule has 90 heavy (non-hydrogen) atoms. The van der Waals surface area contributed by atoms with E-state index in [1.165, 1.54) is 27.7 Å². The first kappa shape index (κ1) is 98.2. The third-order valence-corrected chi connectivity index (χ3v) is 13.7. The molecule has 0 saturated carbocycles. The van der Waals surface area contributed by atoms with E-state index in [1.54, 1.807) is 41.5 Å². The van der Waals surface area contributed by atoms with Gasteiger partial charge in [-0.3, -0.25) is 57.5 Å². The molecule has 20 heteroatoms. The van der Waals surface area contributed by atoms with E-state index >= 15 is 0 Å². The summed E-state index contributed by atoms with van der Waals surface area (Å²) in [4.78, 5) is 148. The van der Waals surface area contributed by atoms with Crippen LogP contribution in [-0.2, 0) is 67.1 Å². The third-order valence-electron chi connectivity index (χ3n) is 13.7. The average Bonchev–Trinajstić information content (AvgIpc) is 2.58. The molecule has 4 amide bonds. The second kappa shape index (κ2) is 59.9. The third kappa shape index (κ3) is 59.0. The number of unbranched alkanes of at least 4 members (excludes halogenated alkanes) is 6. The van der Waals surface area contributed by atoms with Crippen LogP contribution in [0.1, 0.15) is 282 Å². The van der Waals surface area contributed by atoms with Gasteiger partial charge in [-0.05, 0) is 46.1 Å². The van der Waals surface area contributed by atoms with Crippen molar-refractivity contribution in [2.24, 2.45) is 53.1 Å². The number of nitrogens with one attached hydrogen (secondary N) is 4. The van der Waals surface area contributed by atoms with Crippen LogP contribution >= 0.6 is 0 Å². The van der Waals surface area contributed by atoms with Gasteiger partial charge in [0, 0.05) is 107 Å². The number of esters is 1. The van der Waals surface area contributed by atoms with Gasteiger partial charge in [0.05, 0.1) is 12.1 Å². The summed E-state index contributed by atoms with van der Waals surface area (Å²) in [5.74, 6) is -0.908. The number of ketones is 8. The minimum absolute atomic E-state index is 0. The van der Waals surface area contributed by atoms with Gasteiger partial charge in [-0.2, -0.15) is 0 Å². The van der Waals surface area contributed by atoms with Gasteiger partial charge in [0.1, 0.15) is 35.3 Å². The zero-order chi connectivity index (χ0) is 70.7. The summed E-state index contributed by atoms with van der Waals surface area (Å²) >= 11 is 0. The van der Waals surface area contributed by atoms with Crippen molar-refractivity contribution < 1.29 is 72.2 Å². The molecule has 6 unspecified atom stereocenters. The summed E-state index contributed by atoms with van der Waals surface area (Å²) in [7, 11) is 0. The van der Waals surface area contributed by atoms with Gasteiger partial charge >= 0.3 is 5.97 Å². The Kier molecular flexibility index (Phi) is 65.4. The predicted octanol–water partition coefficient (Wildman–Crippen LogP) is 11.3. The molecule has 0 spiro atoms. The van der Waals surface area contributed by atoms with Crippen molar-refractivity contribution >= 4 is 75.9 Å². The smallest absolute Gasteiger partial charge is 0.329 e. The molecule has 0 heterocycles. The number of hydrogen-bond donors (Lipinski definition) is 6. The molecule has 0 radical (unpaired) electrons. The minimum Gasteiger partial charge on any atom is -0.453 e. The highest BCUT2D eigenvalue weighted by molar-refractivity contribution is 5.93. The Hall–Kier alpha value is -5.37. The predicted molar refractivity (Wildman–Crippen MR) is 362 cm³/mol. The number of aliphatic hydroxyl groups excluding tert-OH is 1. The van der Waals surface area contributed by atoms with E-state index in [2.05, 4.69) is 42.0 Å². The fraction of sp³-hybridized carbons (Fsp3) is 0.814. The summed E-state index contributed by atoms with van der Waals surface area (Å²) in [6.45, 7) is 41.9. The lowest BCUT2D eigenvalue weighted by molar-refractivity contribution is -0.158. The van der Waals surface area contributed by atoms with Crippen LogP contribution in [0.25, 0.3) is 0 Å². The Labute approximate surface area is 546 Å². The Morgan fingerprint density at radius 3 is 1.06 bits per heavy atom. The van der Waals surface area contributed by atoms with Gasteiger partial charge < -0.3 is 36.8 Å². The first-order chi connectivity index (χ1) is 41.1. The lowest BCUT2D eigenvalue weighted by Gasteiger charge is -2.20. The minimum atomic E-state index is -0.796. The molecule has 0 aromatic rings. The number of rotatable bonds is 40. The van der Waals surface area contributed by atoms with Crippen molar-refractivity contribution in [3.63, 3.8) is 0 Å². The van der Waals surface area contributed by atoms with Crippen molar-refractivity contribution in [2.45, 2.75) is 313 Å². The largest absolute Gasteiger partial charge is 0.453 e. The highest BCUT2D eigenvalue weighted by Gasteiger charge is 2.28. The second-order valence-electron chi connectivity index (χ2n) is 25.2. The molecule has 20 nitrogen and oxygen atoms in total. The number of carbonyl (C=O) groups is 13. The highest BCUT2D eigenvalue weighted by Crippen LogP contribution is 2.16. The van der Waals surface area contributed by atoms with Crippen LogP contribution in [0.2, 0.25) is 0 Å². The molecule has 0 aliphatic rings. The Bertz CT molecular complexity index is 1950. The van der Waals surface area contributed by atoms with Gasteiger partial charge in [0.25, 0.3) is 0 Å². The first-order valence-electron chi connectivity index (χ1n) is 33.1. The number of ether oxygens (including phenoxy) is 1. The van der Waals surface area contributed by atoms with Crippen LogP contribution in [0.3, 0.4) is 0 Å². The second-order valence-corrected chi connectivity index (χ2v) is 25.2. The number of hydrogen-bond acceptors (Lipinski definition) is 16. The van der Waals surface area contributed by atoms with Gasteiger partial charge in [-0.1, -0.05) is 190 Å². The molecule has 0 aromatic carbocycles. The number of amides is 4. The maximum Gasteiger partial charge on any atom is 0.329 e. The molecular formula is C70H133N5O15. The summed E-state index contributed by atoms with van der Waals surface area (Å²) in [5.41, 5.74) is 5.15. The zero-order valence-electron chi connectivity index (χ0n) is 59.9. The van der Waals surface area contributed by atoms with Crippen LogP contribution in [0.15, 0.2) is 0 Å². The van der Waals surface area contributed by atoms with Gasteiger partial charge in [-0.15, -0.1) is 0 Å². The highest BCUT2D eigenvalue weighted by atomic mass is 16.5. The van der Waals surface area contributed by atoms with E-state index in [0.717, 1.165) is 57.8 Å². The fourth-order valence-electron chi connectivity index (χ4n) is 7.92. The van der Waals surface area contributed by atoms with Crippen molar-refractivity contribution in [1.82, 2.24) is 21.3 Å². The van der Waals surface area contributed by atoms with E-state index in [-0.39, 0.29) is 137 Å². The topological polar surface area (TPSA) is 326 Å². The SMILES string of the molecule is C.CC(C)C(=O)C(C)O.CC(C)C(=O)CCN.CC(C)C(=O)CCNC(=O)C(C)C.CCCCCC(NC(C)=O)C(=O)CC(C)C(=O)C(C)C.CCCCCC(NC(C)=O)C(=O)CCCC(=O)C(C)C.CCCCCC(NC(C)=O)C(=O)OC(C)C(=O)C(C)C. The standard InChI is InChI=1S/2C16H29NO3.C15H27NO4.C10H19NO2.C6H13NO.C6H12O2.CH4/c1-6-7-8-9-14(17-13(5)18)15(19)10-12(4)16(20)11(2)3;1-5-6-7-9-14(17-13(4)18)16(20)11-8-10-15(19)12(2)3;1-6-7-8-9-13(16-12(5)17)15(19)20-11(4)14(18)10(2)3;1-7(2)9(12)5-6-11-10(13)8(3)4;1-5(2)6(8)3-4-7;1-4(2)6(8)5(3)7;/h11-12,14H,6-10H2,1-5H3,(H,17,18);12,14H,5-11H2,1-4H3,(H,17,18);10-11,13H,6-9H2,1-5H3,(H,16,17);7-8H,5-6H2,1-4H3,(H,11,13);5H,3-4,7H2,1-2H3;4-5,7H,1-3H3;1H4. The van der Waals surface area contributed by atoms with Crippen LogP contribution in [0.4, 0.5) is 0 Å². The Morgan fingerprint density at radius 1 is 0.400 bits per heavy atom. The molecule has 0 fully saturated rings. The average molecular weight is 1280 g/mol. The molecule has 0 aliphatic carbocycles. The van der Waals surface area contributed by atoms with Crippen LogP contribution in [0, 0.1) is 47.3 Å². The molecule has 0 bridgehead atoms. The van der Waals surface area contributed by atoms with Crippen molar-refractivity contribution in [3.05, 3.63) is 0 Å².